The minimum atomic E-state index is -0.184. The lowest BCUT2D eigenvalue weighted by Gasteiger charge is -2.09. The second-order valence-electron chi connectivity index (χ2n) is 7.46. The van der Waals surface area contributed by atoms with Crippen LogP contribution in [0, 0.1) is 11.3 Å². The van der Waals surface area contributed by atoms with Crippen molar-refractivity contribution in [2.45, 2.75) is 13.3 Å². The normalized spacial score (nSPS) is 10.2. The van der Waals surface area contributed by atoms with Crippen LogP contribution in [-0.4, -0.2) is 25.7 Å². The summed E-state index contributed by atoms with van der Waals surface area (Å²) < 4.78 is 11.1. The minimum Gasteiger partial charge on any atom is -0.494 e. The number of amides is 1. The van der Waals surface area contributed by atoms with Gasteiger partial charge in [0.25, 0.3) is 5.91 Å². The monoisotopic (exact) mass is 426 g/mol. The van der Waals surface area contributed by atoms with Crippen molar-refractivity contribution < 1.29 is 14.3 Å². The summed E-state index contributed by atoms with van der Waals surface area (Å²) in [6.07, 6.45) is 0.786. The Morgan fingerprint density at radius 1 is 0.938 bits per heavy atom. The largest absolute Gasteiger partial charge is 0.494 e. The van der Waals surface area contributed by atoms with Crippen LogP contribution in [0.2, 0.25) is 0 Å². The fourth-order valence-electron chi connectivity index (χ4n) is 2.99. The van der Waals surface area contributed by atoms with E-state index in [1.807, 2.05) is 43.3 Å². The van der Waals surface area contributed by atoms with Crippen LogP contribution in [0.1, 0.15) is 29.3 Å². The molecule has 0 unspecified atom stereocenters. The van der Waals surface area contributed by atoms with Crippen molar-refractivity contribution in [2.75, 3.05) is 25.1 Å². The first-order chi connectivity index (χ1) is 15.5. The third-order valence-corrected chi connectivity index (χ3v) is 4.66. The number of carbonyl (C=O) groups excluding carboxylic acids is 1. The molecular formula is C27H26N2O3. The third kappa shape index (κ3) is 6.83. The summed E-state index contributed by atoms with van der Waals surface area (Å²) in [5, 5.41) is 11.8. The molecule has 0 aliphatic carbocycles. The van der Waals surface area contributed by atoms with Gasteiger partial charge in [0, 0.05) is 17.7 Å². The Morgan fingerprint density at radius 3 is 2.16 bits per heavy atom. The molecule has 0 bridgehead atoms. The Kier molecular flexibility index (Phi) is 8.19. The van der Waals surface area contributed by atoms with Crippen molar-refractivity contribution in [2.24, 2.45) is 0 Å². The van der Waals surface area contributed by atoms with Gasteiger partial charge in [0.05, 0.1) is 31.5 Å². The van der Waals surface area contributed by atoms with Gasteiger partial charge in [-0.05, 0) is 66.6 Å². The van der Waals surface area contributed by atoms with E-state index < -0.39 is 0 Å². The molecule has 0 heterocycles. The number of ether oxygens (including phenoxy) is 2. The van der Waals surface area contributed by atoms with Gasteiger partial charge in [0.15, 0.2) is 0 Å². The molecule has 0 fully saturated rings. The van der Waals surface area contributed by atoms with E-state index in [1.54, 1.807) is 36.4 Å². The standard InChI is InChI=1S/C27H26N2O3/c1-20(2)19-31-16-3-17-32-26-14-10-24(11-15-26)27(30)29-25-12-8-23(9-13-25)22-6-4-21(18-28)5-7-22/h4-15H,1,3,16-17,19H2,2H3,(H,29,30). The van der Waals surface area contributed by atoms with Crippen LogP contribution in [0.25, 0.3) is 11.1 Å². The van der Waals surface area contributed by atoms with Crippen LogP contribution in [0.5, 0.6) is 5.75 Å². The molecule has 1 N–H and O–H groups in total. The summed E-state index contributed by atoms with van der Waals surface area (Å²) in [5.74, 6) is 0.532. The number of rotatable bonds is 10. The van der Waals surface area contributed by atoms with Crippen molar-refractivity contribution in [3.05, 3.63) is 96.1 Å². The molecule has 0 radical (unpaired) electrons. The predicted octanol–water partition coefficient (Wildman–Crippen LogP) is 5.84. The molecule has 3 rings (SSSR count). The maximum atomic E-state index is 12.5. The maximum Gasteiger partial charge on any atom is 0.255 e. The van der Waals surface area contributed by atoms with Gasteiger partial charge in [0.2, 0.25) is 0 Å². The number of nitrogens with zero attached hydrogens (tertiary/aromatic N) is 1. The number of benzene rings is 3. The topological polar surface area (TPSA) is 71.3 Å². The lowest BCUT2D eigenvalue weighted by molar-refractivity contribution is 0.102. The summed E-state index contributed by atoms with van der Waals surface area (Å²) in [4.78, 5) is 12.5. The summed E-state index contributed by atoms with van der Waals surface area (Å²) in [6.45, 7) is 7.47. The van der Waals surface area contributed by atoms with Crippen molar-refractivity contribution in [1.82, 2.24) is 0 Å². The Bertz CT molecular complexity index is 1080. The zero-order valence-corrected chi connectivity index (χ0v) is 18.1. The molecule has 1 amide bonds. The molecule has 0 saturated carbocycles. The number of nitriles is 1. The molecule has 162 valence electrons. The van der Waals surface area contributed by atoms with Gasteiger partial charge in [-0.15, -0.1) is 0 Å². The van der Waals surface area contributed by atoms with Gasteiger partial charge in [-0.2, -0.15) is 5.26 Å². The zero-order valence-electron chi connectivity index (χ0n) is 18.1. The lowest BCUT2D eigenvalue weighted by Crippen LogP contribution is -2.11. The van der Waals surface area contributed by atoms with Crippen LogP contribution < -0.4 is 10.1 Å². The Labute approximate surface area is 188 Å². The first-order valence-corrected chi connectivity index (χ1v) is 10.4. The fraction of sp³-hybridized carbons (Fsp3) is 0.185. The van der Waals surface area contributed by atoms with E-state index in [0.29, 0.717) is 42.4 Å². The second kappa shape index (κ2) is 11.5. The Hall–Kier alpha value is -3.88. The van der Waals surface area contributed by atoms with E-state index in [0.717, 1.165) is 23.1 Å². The van der Waals surface area contributed by atoms with Gasteiger partial charge in [-0.3, -0.25) is 4.79 Å². The molecule has 32 heavy (non-hydrogen) atoms. The molecule has 5 nitrogen and oxygen atoms in total. The molecule has 0 aromatic heterocycles. The van der Waals surface area contributed by atoms with E-state index in [4.69, 9.17) is 14.7 Å². The van der Waals surface area contributed by atoms with Crippen molar-refractivity contribution >= 4 is 11.6 Å². The van der Waals surface area contributed by atoms with Crippen LogP contribution in [0.15, 0.2) is 84.9 Å². The zero-order chi connectivity index (χ0) is 22.8. The van der Waals surface area contributed by atoms with Gasteiger partial charge in [-0.1, -0.05) is 36.4 Å². The maximum absolute atomic E-state index is 12.5. The second-order valence-corrected chi connectivity index (χ2v) is 7.46. The van der Waals surface area contributed by atoms with E-state index in [1.165, 1.54) is 0 Å². The van der Waals surface area contributed by atoms with Crippen molar-refractivity contribution in [3.8, 4) is 22.9 Å². The highest BCUT2D eigenvalue weighted by atomic mass is 16.5. The summed E-state index contributed by atoms with van der Waals surface area (Å²) in [6, 6.07) is 24.2. The number of hydrogen-bond acceptors (Lipinski definition) is 4. The smallest absolute Gasteiger partial charge is 0.255 e. The Balaban J connectivity index is 1.48. The van der Waals surface area contributed by atoms with Crippen molar-refractivity contribution in [3.63, 3.8) is 0 Å². The van der Waals surface area contributed by atoms with Crippen LogP contribution >= 0.6 is 0 Å². The van der Waals surface area contributed by atoms with E-state index >= 15 is 0 Å². The van der Waals surface area contributed by atoms with Gasteiger partial charge in [-0.25, -0.2) is 0 Å². The minimum absolute atomic E-state index is 0.184. The van der Waals surface area contributed by atoms with Gasteiger partial charge < -0.3 is 14.8 Å². The quantitative estimate of drug-likeness (QED) is 0.327. The molecule has 0 spiro atoms. The molecule has 0 aliphatic rings. The average Bonchev–Trinajstić information content (AvgIpc) is 2.82. The first-order valence-electron chi connectivity index (χ1n) is 10.4. The molecule has 0 saturated heterocycles. The highest BCUT2D eigenvalue weighted by Gasteiger charge is 2.07. The summed E-state index contributed by atoms with van der Waals surface area (Å²) in [7, 11) is 0. The number of carbonyl (C=O) groups is 1. The van der Waals surface area contributed by atoms with E-state index in [2.05, 4.69) is 18.0 Å². The molecule has 0 aliphatic heterocycles. The predicted molar refractivity (Wildman–Crippen MR) is 127 cm³/mol. The third-order valence-electron chi connectivity index (χ3n) is 4.66. The average molecular weight is 427 g/mol. The highest BCUT2D eigenvalue weighted by molar-refractivity contribution is 6.04. The van der Waals surface area contributed by atoms with Crippen LogP contribution in [-0.2, 0) is 4.74 Å². The molecule has 0 atom stereocenters. The number of nitrogens with one attached hydrogen (secondary N) is 1. The summed E-state index contributed by atoms with van der Waals surface area (Å²) >= 11 is 0. The molecule has 5 heteroatoms. The fourth-order valence-corrected chi connectivity index (χ4v) is 2.99. The SMILES string of the molecule is C=C(C)COCCCOc1ccc(C(=O)Nc2ccc(-c3ccc(C#N)cc3)cc2)cc1. The first kappa shape index (κ1) is 22.8. The molecule has 3 aromatic carbocycles. The van der Waals surface area contributed by atoms with Gasteiger partial charge >= 0.3 is 0 Å². The molecular weight excluding hydrogens is 400 g/mol. The van der Waals surface area contributed by atoms with Gasteiger partial charge in [0.1, 0.15) is 5.75 Å². The van der Waals surface area contributed by atoms with Crippen LogP contribution in [0.4, 0.5) is 5.69 Å². The number of hydrogen-bond donors (Lipinski definition) is 1. The highest BCUT2D eigenvalue weighted by Crippen LogP contribution is 2.22. The number of anilines is 1. The van der Waals surface area contributed by atoms with E-state index in [9.17, 15) is 4.79 Å². The van der Waals surface area contributed by atoms with Crippen molar-refractivity contribution in [1.29, 1.82) is 5.26 Å². The Morgan fingerprint density at radius 2 is 1.56 bits per heavy atom. The van der Waals surface area contributed by atoms with Crippen LogP contribution in [0.3, 0.4) is 0 Å². The van der Waals surface area contributed by atoms with E-state index in [-0.39, 0.29) is 5.91 Å². The lowest BCUT2D eigenvalue weighted by atomic mass is 10.0. The molecule has 3 aromatic rings. The summed E-state index contributed by atoms with van der Waals surface area (Å²) in [5.41, 5.74) is 4.92.